The molecule has 1 heterocycles. The molecule has 1 unspecified atom stereocenters. The molecule has 3 amide bonds. The smallest absolute Gasteiger partial charge is 0.243 e. The third-order valence-corrected chi connectivity index (χ3v) is 7.38. The standard InChI is InChI=1S/C32H41FN4O4/c1-21(2)29-32(40)36-27(20-23-12-13-23)30(38)35-16-6-9-24-8-3-4-11-28(24)41-18-17-34-26(31(39)37-29)15-14-22-7-5-10-25(33)19-22/h3-5,7-8,10-11,14-15,19,21,23,26-27,29,34H,6,9,12-13,16-18,20H2,1-2H3,(H,35,38)(H,36,40)(H,37,39)/b15-14+/t26?,27-,29+/m0/s1. The maximum absolute atomic E-state index is 13.7. The fraction of sp³-hybridized carbons (Fsp3) is 0.469. The molecule has 0 saturated heterocycles. The number of ether oxygens (including phenoxy) is 1. The van der Waals surface area contributed by atoms with E-state index in [9.17, 15) is 18.8 Å². The van der Waals surface area contributed by atoms with Crippen molar-refractivity contribution >= 4 is 23.8 Å². The van der Waals surface area contributed by atoms with Crippen LogP contribution in [0.25, 0.3) is 6.08 Å². The van der Waals surface area contributed by atoms with Crippen molar-refractivity contribution in [2.75, 3.05) is 19.7 Å². The fourth-order valence-electron chi connectivity index (χ4n) is 4.86. The average Bonchev–Trinajstić information content (AvgIpc) is 3.77. The number of fused-ring (bicyclic) bond motifs is 1. The predicted octanol–water partition coefficient (Wildman–Crippen LogP) is 3.36. The van der Waals surface area contributed by atoms with Crippen LogP contribution in [-0.4, -0.2) is 55.5 Å². The van der Waals surface area contributed by atoms with Crippen molar-refractivity contribution in [3.05, 3.63) is 71.6 Å². The van der Waals surface area contributed by atoms with Gasteiger partial charge in [-0.05, 0) is 60.4 Å². The van der Waals surface area contributed by atoms with Crippen LogP contribution in [0.1, 0.15) is 50.7 Å². The van der Waals surface area contributed by atoms with E-state index in [2.05, 4.69) is 21.3 Å². The third kappa shape index (κ3) is 9.42. The Labute approximate surface area is 241 Å². The van der Waals surface area contributed by atoms with E-state index in [1.807, 2.05) is 38.1 Å². The molecule has 1 aliphatic carbocycles. The van der Waals surface area contributed by atoms with Gasteiger partial charge in [-0.2, -0.15) is 0 Å². The molecule has 220 valence electrons. The van der Waals surface area contributed by atoms with Crippen LogP contribution in [0.4, 0.5) is 4.39 Å². The van der Waals surface area contributed by atoms with E-state index in [-0.39, 0.29) is 23.5 Å². The average molecular weight is 565 g/mol. The van der Waals surface area contributed by atoms with E-state index in [1.165, 1.54) is 12.1 Å². The molecule has 0 radical (unpaired) electrons. The van der Waals surface area contributed by atoms with Gasteiger partial charge in [0.05, 0.1) is 0 Å². The zero-order chi connectivity index (χ0) is 29.2. The second kappa shape index (κ2) is 14.8. The molecule has 4 rings (SSSR count). The molecular formula is C32H41FN4O4. The van der Waals surface area contributed by atoms with Gasteiger partial charge in [-0.15, -0.1) is 0 Å². The van der Waals surface area contributed by atoms with E-state index in [4.69, 9.17) is 4.74 Å². The predicted molar refractivity (Wildman–Crippen MR) is 157 cm³/mol. The Kier molecular flexibility index (Phi) is 10.9. The van der Waals surface area contributed by atoms with Crippen molar-refractivity contribution in [1.82, 2.24) is 21.3 Å². The minimum atomic E-state index is -0.842. The summed E-state index contributed by atoms with van der Waals surface area (Å²) in [6, 6.07) is 11.5. The Morgan fingerprint density at radius 2 is 1.78 bits per heavy atom. The van der Waals surface area contributed by atoms with Gasteiger partial charge in [0, 0.05) is 13.1 Å². The molecule has 41 heavy (non-hydrogen) atoms. The van der Waals surface area contributed by atoms with Gasteiger partial charge in [-0.3, -0.25) is 19.7 Å². The van der Waals surface area contributed by atoms with Gasteiger partial charge in [0.25, 0.3) is 0 Å². The maximum Gasteiger partial charge on any atom is 0.243 e. The quantitative estimate of drug-likeness (QED) is 0.446. The van der Waals surface area contributed by atoms with Gasteiger partial charge in [0.1, 0.15) is 36.3 Å². The van der Waals surface area contributed by atoms with Crippen LogP contribution in [0.2, 0.25) is 0 Å². The molecule has 1 aliphatic heterocycles. The minimum Gasteiger partial charge on any atom is -0.492 e. The number of rotatable bonds is 5. The summed E-state index contributed by atoms with van der Waals surface area (Å²) in [6.45, 7) is 4.85. The van der Waals surface area contributed by atoms with Gasteiger partial charge in [0.2, 0.25) is 17.7 Å². The number of hydrogen-bond donors (Lipinski definition) is 4. The van der Waals surface area contributed by atoms with Crippen LogP contribution in [0, 0.1) is 17.7 Å². The number of benzene rings is 2. The summed E-state index contributed by atoms with van der Waals surface area (Å²) in [4.78, 5) is 40.0. The van der Waals surface area contributed by atoms with Crippen molar-refractivity contribution in [1.29, 1.82) is 0 Å². The summed E-state index contributed by atoms with van der Waals surface area (Å²) < 4.78 is 19.8. The number of hydrogen-bond acceptors (Lipinski definition) is 5. The zero-order valence-corrected chi connectivity index (χ0v) is 23.8. The first-order chi connectivity index (χ1) is 19.8. The lowest BCUT2D eigenvalue weighted by molar-refractivity contribution is -0.133. The molecule has 1 fully saturated rings. The summed E-state index contributed by atoms with van der Waals surface area (Å²) >= 11 is 0. The molecule has 2 aromatic rings. The Morgan fingerprint density at radius 3 is 2.54 bits per heavy atom. The first-order valence-electron chi connectivity index (χ1n) is 14.6. The molecule has 0 spiro atoms. The van der Waals surface area contributed by atoms with Crippen LogP contribution in [-0.2, 0) is 20.8 Å². The second-order valence-electron chi connectivity index (χ2n) is 11.2. The third-order valence-electron chi connectivity index (χ3n) is 7.38. The van der Waals surface area contributed by atoms with Gasteiger partial charge >= 0.3 is 0 Å². The number of para-hydroxylation sites is 1. The normalized spacial score (nSPS) is 23.5. The molecule has 1 saturated carbocycles. The maximum atomic E-state index is 13.7. The van der Waals surface area contributed by atoms with E-state index < -0.39 is 24.0 Å². The summed E-state index contributed by atoms with van der Waals surface area (Å²) in [7, 11) is 0. The Hall–Kier alpha value is -3.72. The monoisotopic (exact) mass is 564 g/mol. The highest BCUT2D eigenvalue weighted by atomic mass is 19.1. The first-order valence-corrected chi connectivity index (χ1v) is 14.6. The summed E-state index contributed by atoms with van der Waals surface area (Å²) in [6.07, 6.45) is 7.44. The Balaban J connectivity index is 1.56. The van der Waals surface area contributed by atoms with E-state index in [0.29, 0.717) is 37.6 Å². The number of halogens is 1. The second-order valence-corrected chi connectivity index (χ2v) is 11.2. The highest BCUT2D eigenvalue weighted by molar-refractivity contribution is 5.94. The largest absolute Gasteiger partial charge is 0.492 e. The number of nitrogens with one attached hydrogen (secondary N) is 4. The molecule has 4 N–H and O–H groups in total. The number of carbonyl (C=O) groups excluding carboxylic acids is 3. The summed E-state index contributed by atoms with van der Waals surface area (Å²) in [5.41, 5.74) is 1.64. The van der Waals surface area contributed by atoms with Crippen LogP contribution in [0.15, 0.2) is 54.6 Å². The molecule has 9 heteroatoms. The van der Waals surface area contributed by atoms with Crippen molar-refractivity contribution in [3.63, 3.8) is 0 Å². The van der Waals surface area contributed by atoms with Gasteiger partial charge in [0.15, 0.2) is 0 Å². The molecule has 3 atom stereocenters. The molecule has 2 aromatic carbocycles. The SMILES string of the molecule is CC(C)[C@H]1NC(=O)C(/C=C/c2cccc(F)c2)NCCOc2ccccc2CCCNC(=O)[C@H](CC2CC2)NC1=O. The number of amides is 3. The van der Waals surface area contributed by atoms with Crippen molar-refractivity contribution in [3.8, 4) is 5.75 Å². The number of carbonyl (C=O) groups is 3. The Bertz CT molecular complexity index is 1230. The van der Waals surface area contributed by atoms with E-state index in [1.54, 1.807) is 24.3 Å². The topological polar surface area (TPSA) is 109 Å². The van der Waals surface area contributed by atoms with Crippen LogP contribution < -0.4 is 26.0 Å². The molecular weight excluding hydrogens is 523 g/mol. The molecule has 0 aromatic heterocycles. The van der Waals surface area contributed by atoms with E-state index >= 15 is 0 Å². The van der Waals surface area contributed by atoms with Gasteiger partial charge in [-0.25, -0.2) is 4.39 Å². The van der Waals surface area contributed by atoms with Crippen LogP contribution in [0.3, 0.4) is 0 Å². The lowest BCUT2D eigenvalue weighted by Gasteiger charge is -2.27. The van der Waals surface area contributed by atoms with Crippen LogP contribution in [0.5, 0.6) is 5.75 Å². The summed E-state index contributed by atoms with van der Waals surface area (Å²) in [5, 5.41) is 12.0. The number of aryl methyl sites for hydroxylation is 1. The molecule has 8 nitrogen and oxygen atoms in total. The summed E-state index contributed by atoms with van der Waals surface area (Å²) in [5.74, 6) is -0.415. The molecule has 0 bridgehead atoms. The zero-order valence-electron chi connectivity index (χ0n) is 23.8. The molecule has 2 aliphatic rings. The first kappa shape index (κ1) is 30.2. The lowest BCUT2D eigenvalue weighted by atomic mass is 10.0. The van der Waals surface area contributed by atoms with Gasteiger partial charge in [-0.1, -0.05) is 69.2 Å². The van der Waals surface area contributed by atoms with Gasteiger partial charge < -0.3 is 20.7 Å². The Morgan fingerprint density at radius 1 is 0.976 bits per heavy atom. The fourth-order valence-corrected chi connectivity index (χ4v) is 4.86. The van der Waals surface area contributed by atoms with Crippen molar-refractivity contribution in [2.24, 2.45) is 11.8 Å². The lowest BCUT2D eigenvalue weighted by Crippen LogP contribution is -2.57. The highest BCUT2D eigenvalue weighted by Crippen LogP contribution is 2.33. The van der Waals surface area contributed by atoms with Crippen molar-refractivity contribution < 1.29 is 23.5 Å². The van der Waals surface area contributed by atoms with Crippen molar-refractivity contribution in [2.45, 2.75) is 64.1 Å². The minimum absolute atomic E-state index is 0.206. The van der Waals surface area contributed by atoms with E-state index in [0.717, 1.165) is 37.0 Å². The highest BCUT2D eigenvalue weighted by Gasteiger charge is 2.33. The van der Waals surface area contributed by atoms with Crippen LogP contribution >= 0.6 is 0 Å².